The van der Waals surface area contributed by atoms with Crippen LogP contribution in [0, 0.1) is 11.8 Å². The Morgan fingerprint density at radius 2 is 2.36 bits per heavy atom. The van der Waals surface area contributed by atoms with Crippen LogP contribution in [-0.2, 0) is 9.53 Å². The molecule has 0 aromatic carbocycles. The number of carbonyl (C=O) groups is 1. The molecule has 1 aliphatic rings. The van der Waals surface area contributed by atoms with Crippen molar-refractivity contribution in [3.8, 4) is 0 Å². The normalized spacial score (nSPS) is 21.5. The van der Waals surface area contributed by atoms with Crippen LogP contribution in [0.3, 0.4) is 0 Å². The molecule has 0 saturated carbocycles. The van der Waals surface area contributed by atoms with Gasteiger partial charge in [-0.15, -0.1) is 0 Å². The fraction of sp³-hybridized carbons (Fsp3) is 0.909. The van der Waals surface area contributed by atoms with Crippen molar-refractivity contribution in [3.63, 3.8) is 0 Å². The molecule has 1 heterocycles. The number of nitrogens with one attached hydrogen (secondary N) is 1. The van der Waals surface area contributed by atoms with Gasteiger partial charge in [-0.25, -0.2) is 0 Å². The Hall–Kier alpha value is -0.570. The summed E-state index contributed by atoms with van der Waals surface area (Å²) in [5.74, 6) is 1.08. The van der Waals surface area contributed by atoms with Crippen LogP contribution in [0.4, 0.5) is 0 Å². The minimum atomic E-state index is -0.0365. The first-order chi connectivity index (χ1) is 6.68. The SMILES string of the molecule is CC(C)COC(=O)CCC1CCNC1. The molecule has 1 saturated heterocycles. The Morgan fingerprint density at radius 1 is 1.57 bits per heavy atom. The van der Waals surface area contributed by atoms with E-state index in [4.69, 9.17) is 4.74 Å². The largest absolute Gasteiger partial charge is 0.465 e. The molecule has 0 aromatic rings. The van der Waals surface area contributed by atoms with Crippen LogP contribution < -0.4 is 5.32 Å². The van der Waals surface area contributed by atoms with Crippen LogP contribution in [0.5, 0.6) is 0 Å². The van der Waals surface area contributed by atoms with E-state index < -0.39 is 0 Å². The fourth-order valence-corrected chi connectivity index (χ4v) is 1.61. The summed E-state index contributed by atoms with van der Waals surface area (Å²) in [7, 11) is 0. The summed E-state index contributed by atoms with van der Waals surface area (Å²) in [6, 6.07) is 0. The fourth-order valence-electron chi connectivity index (χ4n) is 1.61. The Bertz CT molecular complexity index is 174. The number of carbonyl (C=O) groups excluding carboxylic acids is 1. The van der Waals surface area contributed by atoms with Crippen LogP contribution in [-0.4, -0.2) is 25.7 Å². The summed E-state index contributed by atoms with van der Waals surface area (Å²) >= 11 is 0. The summed E-state index contributed by atoms with van der Waals surface area (Å²) in [6.07, 6.45) is 2.76. The maximum atomic E-state index is 11.3. The zero-order valence-electron chi connectivity index (χ0n) is 9.21. The summed E-state index contributed by atoms with van der Waals surface area (Å²) in [5, 5.41) is 3.29. The number of esters is 1. The zero-order valence-corrected chi connectivity index (χ0v) is 9.21. The van der Waals surface area contributed by atoms with Crippen molar-refractivity contribution in [2.45, 2.75) is 33.1 Å². The van der Waals surface area contributed by atoms with E-state index >= 15 is 0 Å². The van der Waals surface area contributed by atoms with Gasteiger partial charge in [0.15, 0.2) is 0 Å². The van der Waals surface area contributed by atoms with E-state index in [9.17, 15) is 4.79 Å². The standard InChI is InChI=1S/C11H21NO2/c1-9(2)8-14-11(13)4-3-10-5-6-12-7-10/h9-10,12H,3-8H2,1-2H3. The highest BCUT2D eigenvalue weighted by Gasteiger charge is 2.16. The van der Waals surface area contributed by atoms with Crippen LogP contribution in [0.1, 0.15) is 33.1 Å². The molecule has 0 amide bonds. The second kappa shape index (κ2) is 6.02. The van der Waals surface area contributed by atoms with Gasteiger partial charge in [0.05, 0.1) is 6.61 Å². The third-order valence-electron chi connectivity index (χ3n) is 2.50. The first-order valence-electron chi connectivity index (χ1n) is 5.55. The predicted molar refractivity (Wildman–Crippen MR) is 56.0 cm³/mol. The van der Waals surface area contributed by atoms with Crippen molar-refractivity contribution in [1.82, 2.24) is 5.32 Å². The van der Waals surface area contributed by atoms with Gasteiger partial charge in [0.2, 0.25) is 0 Å². The van der Waals surface area contributed by atoms with Gasteiger partial charge in [0.1, 0.15) is 0 Å². The third-order valence-corrected chi connectivity index (χ3v) is 2.50. The van der Waals surface area contributed by atoms with Crippen LogP contribution in [0.15, 0.2) is 0 Å². The summed E-state index contributed by atoms with van der Waals surface area (Å²) in [6.45, 7) is 6.83. The lowest BCUT2D eigenvalue weighted by Gasteiger charge is -2.09. The zero-order chi connectivity index (χ0) is 10.4. The molecule has 1 N–H and O–H groups in total. The van der Waals surface area contributed by atoms with Crippen molar-refractivity contribution in [1.29, 1.82) is 0 Å². The van der Waals surface area contributed by atoms with Gasteiger partial charge in [0.25, 0.3) is 0 Å². The molecule has 1 atom stereocenters. The van der Waals surface area contributed by atoms with E-state index in [2.05, 4.69) is 5.32 Å². The topological polar surface area (TPSA) is 38.3 Å². The van der Waals surface area contributed by atoms with Gasteiger partial charge in [-0.2, -0.15) is 0 Å². The molecule has 1 aliphatic heterocycles. The smallest absolute Gasteiger partial charge is 0.305 e. The third kappa shape index (κ3) is 4.61. The van der Waals surface area contributed by atoms with Gasteiger partial charge in [-0.05, 0) is 37.8 Å². The second-order valence-electron chi connectivity index (χ2n) is 4.47. The van der Waals surface area contributed by atoms with Crippen molar-refractivity contribution in [3.05, 3.63) is 0 Å². The molecule has 82 valence electrons. The molecule has 0 aromatic heterocycles. The highest BCUT2D eigenvalue weighted by atomic mass is 16.5. The summed E-state index contributed by atoms with van der Waals surface area (Å²) in [4.78, 5) is 11.3. The van der Waals surface area contributed by atoms with Crippen molar-refractivity contribution in [2.24, 2.45) is 11.8 Å². The summed E-state index contributed by atoms with van der Waals surface area (Å²) < 4.78 is 5.10. The Labute approximate surface area is 86.2 Å². The van der Waals surface area contributed by atoms with E-state index in [0.717, 1.165) is 19.5 Å². The van der Waals surface area contributed by atoms with Gasteiger partial charge < -0.3 is 10.1 Å². The van der Waals surface area contributed by atoms with Crippen molar-refractivity contribution in [2.75, 3.05) is 19.7 Å². The number of rotatable bonds is 5. The number of hydrogen-bond acceptors (Lipinski definition) is 3. The molecule has 3 heteroatoms. The van der Waals surface area contributed by atoms with E-state index in [1.165, 1.54) is 6.42 Å². The van der Waals surface area contributed by atoms with Crippen molar-refractivity contribution < 1.29 is 9.53 Å². The van der Waals surface area contributed by atoms with Gasteiger partial charge in [-0.3, -0.25) is 4.79 Å². The van der Waals surface area contributed by atoms with Crippen LogP contribution in [0.25, 0.3) is 0 Å². The lowest BCUT2D eigenvalue weighted by atomic mass is 10.0. The molecule has 0 aliphatic carbocycles. The molecule has 0 bridgehead atoms. The first kappa shape index (κ1) is 11.5. The highest BCUT2D eigenvalue weighted by molar-refractivity contribution is 5.69. The lowest BCUT2D eigenvalue weighted by molar-refractivity contribution is -0.145. The molecule has 1 fully saturated rings. The van der Waals surface area contributed by atoms with Gasteiger partial charge >= 0.3 is 5.97 Å². The molecule has 0 spiro atoms. The average Bonchev–Trinajstić information content (AvgIpc) is 2.63. The van der Waals surface area contributed by atoms with E-state index in [1.807, 2.05) is 13.8 Å². The molecule has 1 rings (SSSR count). The molecular formula is C11H21NO2. The lowest BCUT2D eigenvalue weighted by Crippen LogP contribution is -2.13. The van der Waals surface area contributed by atoms with Crippen LogP contribution in [0.2, 0.25) is 0 Å². The van der Waals surface area contributed by atoms with Crippen LogP contribution >= 0.6 is 0 Å². The number of hydrogen-bond donors (Lipinski definition) is 1. The molecule has 0 radical (unpaired) electrons. The maximum absolute atomic E-state index is 11.3. The molecule has 14 heavy (non-hydrogen) atoms. The Balaban J connectivity index is 2.02. The minimum absolute atomic E-state index is 0.0365. The van der Waals surface area contributed by atoms with Crippen molar-refractivity contribution >= 4 is 5.97 Å². The highest BCUT2D eigenvalue weighted by Crippen LogP contribution is 2.14. The minimum Gasteiger partial charge on any atom is -0.465 e. The quantitative estimate of drug-likeness (QED) is 0.683. The number of ether oxygens (including phenoxy) is 1. The second-order valence-corrected chi connectivity index (χ2v) is 4.47. The molecule has 3 nitrogen and oxygen atoms in total. The Kier molecular flexibility index (Phi) is 4.94. The first-order valence-corrected chi connectivity index (χ1v) is 5.55. The molecular weight excluding hydrogens is 178 g/mol. The van der Waals surface area contributed by atoms with Gasteiger partial charge in [-0.1, -0.05) is 13.8 Å². The predicted octanol–water partition coefficient (Wildman–Crippen LogP) is 1.58. The Morgan fingerprint density at radius 3 is 2.93 bits per heavy atom. The molecule has 1 unspecified atom stereocenters. The summed E-state index contributed by atoms with van der Waals surface area (Å²) in [5.41, 5.74) is 0. The maximum Gasteiger partial charge on any atom is 0.305 e. The van der Waals surface area contributed by atoms with Gasteiger partial charge in [0, 0.05) is 6.42 Å². The van der Waals surface area contributed by atoms with E-state index in [0.29, 0.717) is 24.9 Å². The van der Waals surface area contributed by atoms with E-state index in [-0.39, 0.29) is 5.97 Å². The monoisotopic (exact) mass is 199 g/mol. The van der Waals surface area contributed by atoms with E-state index in [1.54, 1.807) is 0 Å². The average molecular weight is 199 g/mol.